The Morgan fingerprint density at radius 1 is 0.971 bits per heavy atom. The van der Waals surface area contributed by atoms with Gasteiger partial charge in [0.25, 0.3) is 0 Å². The van der Waals surface area contributed by atoms with E-state index in [0.29, 0.717) is 22.8 Å². The van der Waals surface area contributed by atoms with Gasteiger partial charge in [-0.25, -0.2) is 4.98 Å². The molecule has 174 valence electrons. The number of amides is 2. The summed E-state index contributed by atoms with van der Waals surface area (Å²) < 4.78 is 6.53. The van der Waals surface area contributed by atoms with Gasteiger partial charge >= 0.3 is 0 Å². The number of aromatic nitrogens is 1. The second-order valence-corrected chi connectivity index (χ2v) is 9.05. The molecule has 0 fully saturated rings. The Hall–Kier alpha value is -3.91. The van der Waals surface area contributed by atoms with E-state index in [1.807, 2.05) is 30.3 Å². The molecule has 1 aromatic heterocycles. The van der Waals surface area contributed by atoms with Crippen LogP contribution in [-0.2, 0) is 9.59 Å². The molecule has 0 spiro atoms. The average Bonchev–Trinajstić information content (AvgIpc) is 3.22. The smallest absolute Gasteiger partial charge is 0.246 e. The van der Waals surface area contributed by atoms with Crippen molar-refractivity contribution in [3.05, 3.63) is 66.2 Å². The third-order valence-corrected chi connectivity index (χ3v) is 6.30. The Bertz CT molecular complexity index is 1350. The number of nitrogens with one attached hydrogen (secondary N) is 3. The van der Waals surface area contributed by atoms with Crippen molar-refractivity contribution in [1.29, 1.82) is 0 Å². The Kier molecular flexibility index (Phi) is 6.79. The highest BCUT2D eigenvalue weighted by atomic mass is 32.1. The maximum Gasteiger partial charge on any atom is 0.246 e. The topological polar surface area (TPSA) is 92.4 Å². The van der Waals surface area contributed by atoms with Gasteiger partial charge in [0.1, 0.15) is 16.8 Å². The summed E-state index contributed by atoms with van der Waals surface area (Å²) >= 11 is 1.65. The maximum atomic E-state index is 12.8. The average molecular weight is 475 g/mol. The monoisotopic (exact) mass is 474 g/mol. The lowest BCUT2D eigenvalue weighted by Gasteiger charge is -2.18. The first-order chi connectivity index (χ1) is 16.3. The van der Waals surface area contributed by atoms with Crippen LogP contribution in [0.1, 0.15) is 19.4 Å². The number of methoxy groups -OCH3 is 1. The largest absolute Gasteiger partial charge is 0.495 e. The van der Waals surface area contributed by atoms with Crippen LogP contribution in [0.4, 0.5) is 17.1 Å². The molecule has 0 aliphatic carbocycles. The van der Waals surface area contributed by atoms with Gasteiger partial charge in [0, 0.05) is 23.9 Å². The molecule has 0 radical (unpaired) electrons. The number of aryl methyl sites for hydroxylation is 1. The summed E-state index contributed by atoms with van der Waals surface area (Å²) in [6, 6.07) is 18.6. The fraction of sp³-hybridized carbons (Fsp3) is 0.192. The summed E-state index contributed by atoms with van der Waals surface area (Å²) in [5, 5.41) is 9.76. The van der Waals surface area contributed by atoms with E-state index >= 15 is 0 Å². The highest BCUT2D eigenvalue weighted by molar-refractivity contribution is 7.21. The Balaban J connectivity index is 1.43. The number of nitrogens with zero attached hydrogens (tertiary/aromatic N) is 1. The molecule has 0 aliphatic rings. The summed E-state index contributed by atoms with van der Waals surface area (Å²) in [7, 11) is 1.55. The summed E-state index contributed by atoms with van der Waals surface area (Å²) in [5.74, 6) is 0.200. The number of carbonyl (C=O) groups is 2. The molecule has 0 bridgehead atoms. The maximum absolute atomic E-state index is 12.8. The number of anilines is 3. The summed E-state index contributed by atoms with van der Waals surface area (Å²) in [6.07, 6.45) is 0. The van der Waals surface area contributed by atoms with Crippen LogP contribution < -0.4 is 20.7 Å². The van der Waals surface area contributed by atoms with Crippen LogP contribution in [-0.4, -0.2) is 29.9 Å². The van der Waals surface area contributed by atoms with Crippen LogP contribution in [0.15, 0.2) is 60.7 Å². The molecule has 2 amide bonds. The summed E-state index contributed by atoms with van der Waals surface area (Å²) in [5.41, 5.74) is 5.12. The standard InChI is InChI=1S/C26H26N4O3S/c1-15-5-11-21-24(13-15)34-26(30-21)18-6-8-19(9-7-18)29-25(32)16(2)27-22-14-20(28-17(3)31)10-12-23(22)33-4/h5-14,16,27H,1-4H3,(H,28,31)(H,29,32)/t16-/m0/s1. The number of ether oxygens (including phenoxy) is 1. The lowest BCUT2D eigenvalue weighted by atomic mass is 10.2. The number of thiazole rings is 1. The van der Waals surface area contributed by atoms with Crippen LogP contribution in [0.3, 0.4) is 0 Å². The fourth-order valence-electron chi connectivity index (χ4n) is 3.50. The van der Waals surface area contributed by atoms with Crippen molar-refractivity contribution < 1.29 is 14.3 Å². The molecule has 7 nitrogen and oxygen atoms in total. The van der Waals surface area contributed by atoms with Crippen molar-refractivity contribution >= 4 is 50.4 Å². The van der Waals surface area contributed by atoms with Gasteiger partial charge in [-0.1, -0.05) is 6.07 Å². The van der Waals surface area contributed by atoms with Gasteiger partial charge in [0.15, 0.2) is 0 Å². The molecule has 4 rings (SSSR count). The molecular formula is C26H26N4O3S. The molecule has 3 aromatic carbocycles. The fourth-order valence-corrected chi connectivity index (χ4v) is 4.57. The van der Waals surface area contributed by atoms with Crippen LogP contribution in [0.2, 0.25) is 0 Å². The first kappa shape index (κ1) is 23.3. The zero-order valence-electron chi connectivity index (χ0n) is 19.4. The van der Waals surface area contributed by atoms with Gasteiger partial charge in [-0.05, 0) is 74.0 Å². The van der Waals surface area contributed by atoms with E-state index in [0.717, 1.165) is 20.8 Å². The van der Waals surface area contributed by atoms with Crippen LogP contribution in [0.5, 0.6) is 5.75 Å². The molecule has 3 N–H and O–H groups in total. The Morgan fingerprint density at radius 2 is 1.71 bits per heavy atom. The van der Waals surface area contributed by atoms with Crippen molar-refractivity contribution in [3.8, 4) is 16.3 Å². The molecular weight excluding hydrogens is 448 g/mol. The van der Waals surface area contributed by atoms with E-state index in [1.165, 1.54) is 12.5 Å². The molecule has 8 heteroatoms. The molecule has 0 aliphatic heterocycles. The number of rotatable bonds is 7. The second kappa shape index (κ2) is 9.93. The van der Waals surface area contributed by atoms with E-state index in [2.05, 4.69) is 35.0 Å². The SMILES string of the molecule is COc1ccc(NC(C)=O)cc1N[C@@H](C)C(=O)Nc1ccc(-c2nc3ccc(C)cc3s2)cc1. The van der Waals surface area contributed by atoms with Crippen molar-refractivity contribution in [2.75, 3.05) is 23.1 Å². The van der Waals surface area contributed by atoms with Gasteiger partial charge < -0.3 is 20.7 Å². The highest BCUT2D eigenvalue weighted by Crippen LogP contribution is 2.32. The van der Waals surface area contributed by atoms with E-state index in [1.54, 1.807) is 43.6 Å². The normalized spacial score (nSPS) is 11.6. The molecule has 4 aromatic rings. The summed E-state index contributed by atoms with van der Waals surface area (Å²) in [6.45, 7) is 5.27. The number of hydrogen-bond acceptors (Lipinski definition) is 6. The number of hydrogen-bond donors (Lipinski definition) is 3. The molecule has 34 heavy (non-hydrogen) atoms. The second-order valence-electron chi connectivity index (χ2n) is 8.02. The number of benzene rings is 3. The lowest BCUT2D eigenvalue weighted by Crippen LogP contribution is -2.32. The van der Waals surface area contributed by atoms with E-state index in [-0.39, 0.29) is 11.8 Å². The quantitative estimate of drug-likeness (QED) is 0.321. The van der Waals surface area contributed by atoms with Crippen molar-refractivity contribution in [1.82, 2.24) is 4.98 Å². The van der Waals surface area contributed by atoms with Crippen LogP contribution in [0, 0.1) is 6.92 Å². The van der Waals surface area contributed by atoms with Gasteiger partial charge in [0.05, 0.1) is 23.0 Å². The predicted octanol–water partition coefficient (Wildman–Crippen LogP) is 5.68. The summed E-state index contributed by atoms with van der Waals surface area (Å²) in [4.78, 5) is 28.9. The minimum Gasteiger partial charge on any atom is -0.495 e. The van der Waals surface area contributed by atoms with Crippen LogP contribution >= 0.6 is 11.3 Å². The van der Waals surface area contributed by atoms with Crippen molar-refractivity contribution in [3.63, 3.8) is 0 Å². The van der Waals surface area contributed by atoms with Crippen molar-refractivity contribution in [2.24, 2.45) is 0 Å². The molecule has 0 saturated heterocycles. The Labute approximate surface area is 202 Å². The Morgan fingerprint density at radius 3 is 2.41 bits per heavy atom. The predicted molar refractivity (Wildman–Crippen MR) is 139 cm³/mol. The molecule has 1 heterocycles. The third-order valence-electron chi connectivity index (χ3n) is 5.23. The van der Waals surface area contributed by atoms with Crippen LogP contribution in [0.25, 0.3) is 20.8 Å². The molecule has 1 atom stereocenters. The molecule has 0 saturated carbocycles. The molecule has 0 unspecified atom stereocenters. The lowest BCUT2D eigenvalue weighted by molar-refractivity contribution is -0.116. The number of carbonyl (C=O) groups excluding carboxylic acids is 2. The first-order valence-corrected chi connectivity index (χ1v) is 11.6. The zero-order chi connectivity index (χ0) is 24.2. The van der Waals surface area contributed by atoms with Gasteiger partial charge in [-0.15, -0.1) is 11.3 Å². The van der Waals surface area contributed by atoms with Gasteiger partial charge in [-0.3, -0.25) is 9.59 Å². The van der Waals surface area contributed by atoms with Gasteiger partial charge in [0.2, 0.25) is 11.8 Å². The third kappa shape index (κ3) is 5.35. The van der Waals surface area contributed by atoms with E-state index in [4.69, 9.17) is 9.72 Å². The van der Waals surface area contributed by atoms with Crippen molar-refractivity contribution in [2.45, 2.75) is 26.8 Å². The minimum atomic E-state index is -0.548. The van der Waals surface area contributed by atoms with Gasteiger partial charge in [-0.2, -0.15) is 0 Å². The van der Waals surface area contributed by atoms with E-state index in [9.17, 15) is 9.59 Å². The first-order valence-electron chi connectivity index (χ1n) is 10.8. The zero-order valence-corrected chi connectivity index (χ0v) is 20.2. The number of fused-ring (bicyclic) bond motifs is 1. The minimum absolute atomic E-state index is 0.175. The highest BCUT2D eigenvalue weighted by Gasteiger charge is 2.16. The van der Waals surface area contributed by atoms with E-state index < -0.39 is 6.04 Å².